The molecule has 0 spiro atoms. The number of aromatic nitrogens is 2. The Hall–Kier alpha value is -2.23. The SMILES string of the molecule is CC1(C)CCC(C)(C)c2cc(N(CC3CC3)c3ncc(C=O)cn3)ccc21. The van der Waals surface area contributed by atoms with Crippen LogP contribution in [-0.2, 0) is 10.8 Å². The predicted molar refractivity (Wildman–Crippen MR) is 109 cm³/mol. The Kier molecular flexibility index (Phi) is 4.32. The minimum atomic E-state index is 0.175. The first-order valence-corrected chi connectivity index (χ1v) is 10.00. The van der Waals surface area contributed by atoms with Gasteiger partial charge in [-0.3, -0.25) is 4.79 Å². The Morgan fingerprint density at radius 2 is 1.67 bits per heavy atom. The monoisotopic (exact) mass is 363 g/mol. The molecule has 0 saturated heterocycles. The number of benzene rings is 1. The fourth-order valence-electron chi connectivity index (χ4n) is 4.14. The van der Waals surface area contributed by atoms with Crippen LogP contribution in [0, 0.1) is 5.92 Å². The summed E-state index contributed by atoms with van der Waals surface area (Å²) < 4.78 is 0. The van der Waals surface area contributed by atoms with E-state index in [2.05, 4.69) is 60.8 Å². The molecule has 27 heavy (non-hydrogen) atoms. The number of anilines is 2. The van der Waals surface area contributed by atoms with E-state index in [0.717, 1.165) is 18.5 Å². The van der Waals surface area contributed by atoms with Gasteiger partial charge < -0.3 is 4.90 Å². The number of hydrogen-bond donors (Lipinski definition) is 0. The van der Waals surface area contributed by atoms with Crippen molar-refractivity contribution in [2.24, 2.45) is 5.92 Å². The van der Waals surface area contributed by atoms with Gasteiger partial charge in [0, 0.05) is 24.6 Å². The molecule has 0 bridgehead atoms. The van der Waals surface area contributed by atoms with Gasteiger partial charge in [-0.15, -0.1) is 0 Å². The van der Waals surface area contributed by atoms with Crippen LogP contribution in [0.25, 0.3) is 0 Å². The molecule has 1 heterocycles. The zero-order valence-corrected chi connectivity index (χ0v) is 16.8. The van der Waals surface area contributed by atoms with E-state index < -0.39 is 0 Å². The standard InChI is InChI=1S/C23H29N3O/c1-22(2)9-10-23(3,4)20-11-18(7-8-19(20)22)26(14-16-5-6-16)21-24-12-17(15-27)13-25-21/h7-8,11-13,15-16H,5-6,9-10,14H2,1-4H3. The van der Waals surface area contributed by atoms with Gasteiger partial charge in [0.1, 0.15) is 0 Å². The van der Waals surface area contributed by atoms with Crippen molar-refractivity contribution in [3.05, 3.63) is 47.3 Å². The summed E-state index contributed by atoms with van der Waals surface area (Å²) in [6.07, 6.45) is 8.97. The van der Waals surface area contributed by atoms with Crippen molar-refractivity contribution in [1.29, 1.82) is 0 Å². The lowest BCUT2D eigenvalue weighted by molar-refractivity contribution is 0.112. The van der Waals surface area contributed by atoms with Gasteiger partial charge in [0.05, 0.1) is 5.56 Å². The van der Waals surface area contributed by atoms with Gasteiger partial charge in [0.15, 0.2) is 6.29 Å². The quantitative estimate of drug-likeness (QED) is 0.686. The van der Waals surface area contributed by atoms with E-state index in [1.54, 1.807) is 12.4 Å². The summed E-state index contributed by atoms with van der Waals surface area (Å²) in [6, 6.07) is 6.89. The van der Waals surface area contributed by atoms with Crippen LogP contribution in [0.5, 0.6) is 0 Å². The molecule has 4 rings (SSSR count). The molecule has 0 radical (unpaired) electrons. The van der Waals surface area contributed by atoms with Crippen molar-refractivity contribution in [3.63, 3.8) is 0 Å². The second kappa shape index (κ2) is 6.43. The zero-order valence-electron chi connectivity index (χ0n) is 16.8. The highest BCUT2D eigenvalue weighted by Crippen LogP contribution is 2.47. The second-order valence-corrected chi connectivity index (χ2v) is 9.49. The maximum absolute atomic E-state index is 10.9. The van der Waals surface area contributed by atoms with Crippen LogP contribution in [0.1, 0.15) is 74.9 Å². The second-order valence-electron chi connectivity index (χ2n) is 9.49. The molecule has 0 amide bonds. The molecule has 1 saturated carbocycles. The van der Waals surface area contributed by atoms with Gasteiger partial charge in [-0.1, -0.05) is 33.8 Å². The molecule has 4 heteroatoms. The summed E-state index contributed by atoms with van der Waals surface area (Å²) in [5, 5.41) is 0. The summed E-state index contributed by atoms with van der Waals surface area (Å²) in [6.45, 7) is 10.3. The number of nitrogens with zero attached hydrogens (tertiary/aromatic N) is 3. The summed E-state index contributed by atoms with van der Waals surface area (Å²) in [7, 11) is 0. The Labute approximate surface area is 162 Å². The lowest BCUT2D eigenvalue weighted by atomic mass is 9.63. The summed E-state index contributed by atoms with van der Waals surface area (Å²) in [4.78, 5) is 22.1. The van der Waals surface area contributed by atoms with Gasteiger partial charge in [0.25, 0.3) is 0 Å². The molecule has 1 aromatic carbocycles. The van der Waals surface area contributed by atoms with Crippen LogP contribution in [0.3, 0.4) is 0 Å². The molecule has 4 nitrogen and oxygen atoms in total. The van der Waals surface area contributed by atoms with Crippen LogP contribution >= 0.6 is 0 Å². The third-order valence-corrected chi connectivity index (χ3v) is 6.32. The molecule has 0 aliphatic heterocycles. The first-order chi connectivity index (χ1) is 12.8. The van der Waals surface area contributed by atoms with Crippen molar-refractivity contribution in [2.45, 2.75) is 64.2 Å². The first kappa shape index (κ1) is 18.1. The highest BCUT2D eigenvalue weighted by atomic mass is 16.1. The summed E-state index contributed by atoms with van der Waals surface area (Å²) >= 11 is 0. The minimum Gasteiger partial charge on any atom is -0.310 e. The average Bonchev–Trinajstić information content (AvgIpc) is 3.48. The van der Waals surface area contributed by atoms with Gasteiger partial charge in [-0.2, -0.15) is 0 Å². The molecular weight excluding hydrogens is 334 g/mol. The molecule has 1 aromatic heterocycles. The maximum atomic E-state index is 10.9. The Balaban J connectivity index is 1.77. The lowest BCUT2D eigenvalue weighted by Crippen LogP contribution is -2.34. The topological polar surface area (TPSA) is 46.1 Å². The number of fused-ring (bicyclic) bond motifs is 1. The van der Waals surface area contributed by atoms with Crippen LogP contribution in [0.4, 0.5) is 11.6 Å². The number of carbonyl (C=O) groups is 1. The van der Waals surface area contributed by atoms with Crippen molar-refractivity contribution in [3.8, 4) is 0 Å². The summed E-state index contributed by atoms with van der Waals surface area (Å²) in [5.41, 5.74) is 4.97. The third-order valence-electron chi connectivity index (χ3n) is 6.32. The molecule has 142 valence electrons. The smallest absolute Gasteiger partial charge is 0.229 e. The lowest BCUT2D eigenvalue weighted by Gasteiger charge is -2.42. The van der Waals surface area contributed by atoms with Gasteiger partial charge in [-0.25, -0.2) is 9.97 Å². The highest BCUT2D eigenvalue weighted by molar-refractivity contribution is 5.74. The van der Waals surface area contributed by atoms with E-state index in [1.165, 1.54) is 36.8 Å². The number of carbonyl (C=O) groups excluding carboxylic acids is 1. The fraction of sp³-hybridized carbons (Fsp3) is 0.522. The van der Waals surface area contributed by atoms with Crippen LogP contribution in [-0.4, -0.2) is 22.8 Å². The zero-order chi connectivity index (χ0) is 19.2. The number of aldehydes is 1. The van der Waals surface area contributed by atoms with E-state index in [9.17, 15) is 4.79 Å². The largest absolute Gasteiger partial charge is 0.310 e. The predicted octanol–water partition coefficient (Wildman–Crippen LogP) is 5.19. The Morgan fingerprint density at radius 1 is 1.04 bits per heavy atom. The van der Waals surface area contributed by atoms with E-state index >= 15 is 0 Å². The van der Waals surface area contributed by atoms with Crippen LogP contribution < -0.4 is 4.90 Å². The van der Waals surface area contributed by atoms with E-state index in [4.69, 9.17) is 0 Å². The van der Waals surface area contributed by atoms with Crippen molar-refractivity contribution < 1.29 is 4.79 Å². The highest BCUT2D eigenvalue weighted by Gasteiger charge is 2.37. The van der Waals surface area contributed by atoms with E-state index in [1.807, 2.05) is 0 Å². The number of rotatable bonds is 5. The molecular formula is C23H29N3O. The van der Waals surface area contributed by atoms with Crippen molar-refractivity contribution in [1.82, 2.24) is 9.97 Å². The molecule has 1 fully saturated rings. The summed E-state index contributed by atoms with van der Waals surface area (Å²) in [5.74, 6) is 1.39. The molecule has 0 atom stereocenters. The van der Waals surface area contributed by atoms with Gasteiger partial charge in [-0.05, 0) is 65.7 Å². The Bertz CT molecular complexity index is 850. The molecule has 2 aromatic rings. The van der Waals surface area contributed by atoms with Gasteiger partial charge >= 0.3 is 0 Å². The van der Waals surface area contributed by atoms with Crippen molar-refractivity contribution in [2.75, 3.05) is 11.4 Å². The maximum Gasteiger partial charge on any atom is 0.229 e. The normalized spacial score (nSPS) is 20.0. The van der Waals surface area contributed by atoms with Crippen LogP contribution in [0.2, 0.25) is 0 Å². The van der Waals surface area contributed by atoms with Gasteiger partial charge in [0.2, 0.25) is 5.95 Å². The number of hydrogen-bond acceptors (Lipinski definition) is 4. The third kappa shape index (κ3) is 3.50. The molecule has 2 aliphatic carbocycles. The first-order valence-electron chi connectivity index (χ1n) is 10.00. The van der Waals surface area contributed by atoms with Crippen molar-refractivity contribution >= 4 is 17.9 Å². The van der Waals surface area contributed by atoms with E-state index in [0.29, 0.717) is 17.4 Å². The molecule has 0 N–H and O–H groups in total. The Morgan fingerprint density at radius 3 is 2.26 bits per heavy atom. The molecule has 2 aliphatic rings. The molecule has 0 unspecified atom stereocenters. The minimum absolute atomic E-state index is 0.175. The van der Waals surface area contributed by atoms with E-state index in [-0.39, 0.29) is 10.8 Å². The average molecular weight is 364 g/mol. The van der Waals surface area contributed by atoms with Crippen LogP contribution in [0.15, 0.2) is 30.6 Å². The fourth-order valence-corrected chi connectivity index (χ4v) is 4.14.